The normalized spacial score (nSPS) is 12.1. The van der Waals surface area contributed by atoms with Crippen molar-refractivity contribution in [2.24, 2.45) is 5.73 Å². The fraction of sp³-hybridized carbons (Fsp3) is 0. The molecule has 3 aromatic heterocycles. The highest BCUT2D eigenvalue weighted by Gasteiger charge is 2.14. The van der Waals surface area contributed by atoms with Gasteiger partial charge in [0, 0.05) is 24.1 Å². The largest absolute Gasteiger partial charge is 0.404 e. The fourth-order valence-corrected chi connectivity index (χ4v) is 3.84. The molecule has 0 aliphatic carbocycles. The van der Waals surface area contributed by atoms with E-state index in [1.54, 1.807) is 23.7 Å². The summed E-state index contributed by atoms with van der Waals surface area (Å²) in [6, 6.07) is 6.56. The van der Waals surface area contributed by atoms with Crippen LogP contribution in [0.2, 0.25) is 0 Å². The highest BCUT2D eigenvalue weighted by Crippen LogP contribution is 2.32. The van der Waals surface area contributed by atoms with Crippen LogP contribution in [0.4, 0.5) is 4.39 Å². The lowest BCUT2D eigenvalue weighted by Crippen LogP contribution is -2.01. The van der Waals surface area contributed by atoms with Crippen molar-refractivity contribution in [3.8, 4) is 0 Å². The first-order valence-corrected chi connectivity index (χ1v) is 8.75. The summed E-state index contributed by atoms with van der Waals surface area (Å²) in [7, 11) is 0. The Balaban J connectivity index is 1.79. The van der Waals surface area contributed by atoms with E-state index in [9.17, 15) is 4.39 Å². The van der Waals surface area contributed by atoms with Crippen molar-refractivity contribution in [3.63, 3.8) is 0 Å². The third-order valence-corrected chi connectivity index (χ3v) is 5.21. The molecule has 4 rings (SSSR count). The topological polar surface area (TPSA) is 106 Å². The molecule has 0 amide bonds. The van der Waals surface area contributed by atoms with Gasteiger partial charge in [0.05, 0.1) is 26.3 Å². The molecule has 0 saturated carbocycles. The third-order valence-electron chi connectivity index (χ3n) is 3.45. The van der Waals surface area contributed by atoms with Gasteiger partial charge < -0.3 is 11.1 Å². The van der Waals surface area contributed by atoms with E-state index in [4.69, 9.17) is 11.1 Å². The molecule has 10 heteroatoms. The first kappa shape index (κ1) is 15.7. The fourth-order valence-electron chi connectivity index (χ4n) is 2.23. The van der Waals surface area contributed by atoms with Gasteiger partial charge >= 0.3 is 0 Å². The van der Waals surface area contributed by atoms with Gasteiger partial charge in [0.1, 0.15) is 5.82 Å². The van der Waals surface area contributed by atoms with Crippen LogP contribution in [-0.2, 0) is 0 Å². The van der Waals surface area contributed by atoms with Gasteiger partial charge in [-0.15, -0.1) is 21.5 Å². The third kappa shape index (κ3) is 2.75. The molecule has 124 valence electrons. The standard InChI is InChI=1S/C15H10FN7S2/c16-9-3-11-13(24-7-19-11)4-12(9)25-15-21-20-14-2-1-10(22-23(14)15)8(5-17)6-18/h1-7,17H,18H2. The first-order chi connectivity index (χ1) is 12.2. The number of fused-ring (bicyclic) bond motifs is 2. The minimum absolute atomic E-state index is 0.377. The van der Waals surface area contributed by atoms with Crippen LogP contribution in [0.5, 0.6) is 0 Å². The van der Waals surface area contributed by atoms with Crippen LogP contribution in [0.3, 0.4) is 0 Å². The summed E-state index contributed by atoms with van der Waals surface area (Å²) in [5.41, 5.74) is 9.30. The number of hydrogen-bond donors (Lipinski definition) is 2. The predicted octanol–water partition coefficient (Wildman–Crippen LogP) is 2.97. The van der Waals surface area contributed by atoms with E-state index in [-0.39, 0.29) is 5.82 Å². The molecule has 0 radical (unpaired) electrons. The Morgan fingerprint density at radius 3 is 3.00 bits per heavy atom. The number of nitrogens with two attached hydrogens (primary N) is 1. The maximum atomic E-state index is 14.3. The predicted molar refractivity (Wildman–Crippen MR) is 95.4 cm³/mol. The Morgan fingerprint density at radius 2 is 2.20 bits per heavy atom. The minimum Gasteiger partial charge on any atom is -0.404 e. The van der Waals surface area contributed by atoms with E-state index < -0.39 is 0 Å². The number of benzene rings is 1. The minimum atomic E-state index is -0.377. The molecule has 0 unspecified atom stereocenters. The van der Waals surface area contributed by atoms with Gasteiger partial charge in [0.15, 0.2) is 5.65 Å². The van der Waals surface area contributed by atoms with Gasteiger partial charge in [-0.1, -0.05) is 0 Å². The highest BCUT2D eigenvalue weighted by molar-refractivity contribution is 7.99. The number of nitrogens with one attached hydrogen (secondary N) is 1. The monoisotopic (exact) mass is 371 g/mol. The molecule has 3 heterocycles. The van der Waals surface area contributed by atoms with Gasteiger partial charge in [-0.2, -0.15) is 9.61 Å². The summed E-state index contributed by atoms with van der Waals surface area (Å²) >= 11 is 2.57. The molecule has 7 nitrogen and oxygen atoms in total. The summed E-state index contributed by atoms with van der Waals surface area (Å²) in [4.78, 5) is 4.52. The van der Waals surface area contributed by atoms with E-state index in [0.29, 0.717) is 32.5 Å². The van der Waals surface area contributed by atoms with Crippen molar-refractivity contribution >= 4 is 50.8 Å². The van der Waals surface area contributed by atoms with Gasteiger partial charge in [0.2, 0.25) is 5.16 Å². The van der Waals surface area contributed by atoms with E-state index >= 15 is 0 Å². The van der Waals surface area contributed by atoms with Gasteiger partial charge in [-0.05, 0) is 30.0 Å². The number of rotatable bonds is 4. The van der Waals surface area contributed by atoms with Crippen LogP contribution in [0, 0.1) is 11.2 Å². The van der Waals surface area contributed by atoms with Crippen LogP contribution in [-0.4, -0.2) is 31.0 Å². The lowest BCUT2D eigenvalue weighted by Gasteiger charge is -2.04. The van der Waals surface area contributed by atoms with Crippen LogP contribution in [0.1, 0.15) is 5.69 Å². The second-order valence-corrected chi connectivity index (χ2v) is 6.84. The lowest BCUT2D eigenvalue weighted by atomic mass is 10.2. The summed E-state index contributed by atoms with van der Waals surface area (Å²) in [5.74, 6) is -0.377. The number of aromatic nitrogens is 5. The Labute approximate surface area is 148 Å². The van der Waals surface area contributed by atoms with Crippen molar-refractivity contribution in [1.29, 1.82) is 5.41 Å². The van der Waals surface area contributed by atoms with Crippen LogP contribution in [0.25, 0.3) is 21.4 Å². The van der Waals surface area contributed by atoms with Crippen molar-refractivity contribution in [2.45, 2.75) is 10.1 Å². The summed E-state index contributed by atoms with van der Waals surface area (Å²) in [5, 5.41) is 20.3. The van der Waals surface area contributed by atoms with Crippen molar-refractivity contribution in [2.75, 3.05) is 0 Å². The molecule has 0 spiro atoms. The zero-order valence-electron chi connectivity index (χ0n) is 12.5. The van der Waals surface area contributed by atoms with Gasteiger partial charge in [0.25, 0.3) is 0 Å². The molecule has 0 saturated heterocycles. The maximum Gasteiger partial charge on any atom is 0.217 e. The van der Waals surface area contributed by atoms with E-state index in [1.165, 1.54) is 28.1 Å². The van der Waals surface area contributed by atoms with E-state index in [1.807, 2.05) is 0 Å². The highest BCUT2D eigenvalue weighted by atomic mass is 32.2. The van der Waals surface area contributed by atoms with Crippen LogP contribution in [0.15, 0.2) is 46.0 Å². The van der Waals surface area contributed by atoms with E-state index in [0.717, 1.165) is 22.7 Å². The lowest BCUT2D eigenvalue weighted by molar-refractivity contribution is 0.603. The Kier molecular flexibility index (Phi) is 3.90. The second kappa shape index (κ2) is 6.22. The number of allylic oxidation sites excluding steroid dienone is 1. The first-order valence-electron chi connectivity index (χ1n) is 7.05. The molecule has 3 N–H and O–H groups in total. The zero-order chi connectivity index (χ0) is 17.4. The summed E-state index contributed by atoms with van der Waals surface area (Å²) in [6.07, 6.45) is 2.42. The maximum absolute atomic E-state index is 14.3. The SMILES string of the molecule is N=CC(=CN)c1ccc2nnc(Sc3cc4scnc4cc3F)n2n1. The molecule has 1 aromatic carbocycles. The summed E-state index contributed by atoms with van der Waals surface area (Å²) < 4.78 is 16.7. The number of hydrogen-bond acceptors (Lipinski definition) is 8. The second-order valence-electron chi connectivity index (χ2n) is 4.94. The number of nitrogens with zero attached hydrogens (tertiary/aromatic N) is 5. The number of halogens is 1. The molecule has 0 aliphatic rings. The molecule has 0 bridgehead atoms. The smallest absolute Gasteiger partial charge is 0.217 e. The Morgan fingerprint density at radius 1 is 1.32 bits per heavy atom. The molecule has 4 aromatic rings. The molecule has 0 fully saturated rings. The molecular weight excluding hydrogens is 361 g/mol. The van der Waals surface area contributed by atoms with Crippen molar-refractivity contribution < 1.29 is 4.39 Å². The van der Waals surface area contributed by atoms with Crippen LogP contribution >= 0.6 is 23.1 Å². The molecular formula is C15H10FN7S2. The Bertz CT molecular complexity index is 1130. The zero-order valence-corrected chi connectivity index (χ0v) is 14.2. The average Bonchev–Trinajstić information content (AvgIpc) is 3.23. The van der Waals surface area contributed by atoms with E-state index in [2.05, 4.69) is 20.3 Å². The molecule has 0 aliphatic heterocycles. The van der Waals surface area contributed by atoms with Gasteiger partial charge in [-0.3, -0.25) is 0 Å². The average molecular weight is 371 g/mol. The van der Waals surface area contributed by atoms with Crippen LogP contribution < -0.4 is 5.73 Å². The van der Waals surface area contributed by atoms with Gasteiger partial charge in [-0.25, -0.2) is 9.37 Å². The van der Waals surface area contributed by atoms with Crippen molar-refractivity contribution in [1.82, 2.24) is 24.8 Å². The molecule has 0 atom stereocenters. The Hall–Kier alpha value is -2.85. The van der Waals surface area contributed by atoms with Crippen molar-refractivity contribution in [3.05, 3.63) is 47.5 Å². The number of thiazole rings is 1. The molecule has 25 heavy (non-hydrogen) atoms. The summed E-state index contributed by atoms with van der Waals surface area (Å²) in [6.45, 7) is 0. The quantitative estimate of drug-likeness (QED) is 0.534.